The van der Waals surface area contributed by atoms with Crippen molar-refractivity contribution >= 4 is 86.6 Å². The van der Waals surface area contributed by atoms with Crippen LogP contribution in [0.25, 0.3) is 109 Å². The molecule has 0 unspecified atom stereocenters. The molecule has 226 valence electrons. The monoisotopic (exact) mass is 620 g/mol. The molecule has 0 atom stereocenters. The molecule has 0 spiro atoms. The van der Waals surface area contributed by atoms with Gasteiger partial charge >= 0.3 is 0 Å². The molecule has 1 nitrogen and oxygen atoms in total. The minimum atomic E-state index is 0.912. The molecular formula is C48H28O. The van der Waals surface area contributed by atoms with Crippen molar-refractivity contribution in [3.8, 4) is 22.3 Å². The minimum Gasteiger partial charge on any atom is -0.455 e. The number of benzene rings is 10. The van der Waals surface area contributed by atoms with Gasteiger partial charge in [0, 0.05) is 21.9 Å². The summed E-state index contributed by atoms with van der Waals surface area (Å²) < 4.78 is 6.79. The van der Waals surface area contributed by atoms with E-state index in [0.717, 1.165) is 27.5 Å². The van der Waals surface area contributed by atoms with Crippen LogP contribution in [0.3, 0.4) is 0 Å². The van der Waals surface area contributed by atoms with E-state index >= 15 is 0 Å². The van der Waals surface area contributed by atoms with Crippen LogP contribution in [0.2, 0.25) is 0 Å². The van der Waals surface area contributed by atoms with Crippen LogP contribution in [0.1, 0.15) is 0 Å². The van der Waals surface area contributed by atoms with Crippen LogP contribution in [-0.2, 0) is 0 Å². The van der Waals surface area contributed by atoms with Crippen LogP contribution in [0.5, 0.6) is 0 Å². The Kier molecular flexibility index (Phi) is 5.45. The molecule has 0 saturated carbocycles. The number of furan rings is 1. The summed E-state index contributed by atoms with van der Waals surface area (Å²) in [5, 5.41) is 17.2. The number of rotatable bonds is 2. The SMILES string of the molecule is c1ccc2cc3c(ccc4c(-c5c6ccccc6c(-c6c7ccccc7cc7c6oc6ccccc67)c6ccccc56)cccc43)cc2c1. The zero-order valence-electron chi connectivity index (χ0n) is 26.6. The Morgan fingerprint density at radius 2 is 0.796 bits per heavy atom. The van der Waals surface area contributed by atoms with E-state index in [0.29, 0.717) is 0 Å². The van der Waals surface area contributed by atoms with Gasteiger partial charge in [0.05, 0.1) is 0 Å². The summed E-state index contributed by atoms with van der Waals surface area (Å²) in [5.74, 6) is 0. The van der Waals surface area contributed by atoms with Crippen LogP contribution in [0.4, 0.5) is 0 Å². The van der Waals surface area contributed by atoms with Gasteiger partial charge in [-0.3, -0.25) is 0 Å². The van der Waals surface area contributed by atoms with Crippen LogP contribution >= 0.6 is 0 Å². The third-order valence-electron chi connectivity index (χ3n) is 10.6. The molecule has 0 aliphatic carbocycles. The molecule has 11 aromatic rings. The standard InChI is InChI=1S/C48H28O/c1-2-13-30-27-42-32(26-29(30)12-1)24-25-35-34(42)21-11-22-37(35)45-38-17-5-7-19-40(38)46(41-20-8-6-18-39(41)45)47-33-15-4-3-14-31(33)28-43-36-16-9-10-23-44(36)49-48(43)47/h1-28H. The Bertz CT molecular complexity index is 3100. The first-order chi connectivity index (χ1) is 24.3. The van der Waals surface area contributed by atoms with E-state index in [4.69, 9.17) is 4.42 Å². The molecule has 1 aromatic heterocycles. The Balaban J connectivity index is 1.30. The molecule has 0 aliphatic heterocycles. The van der Waals surface area contributed by atoms with Crippen molar-refractivity contribution in [1.82, 2.24) is 0 Å². The number of para-hydroxylation sites is 1. The second-order valence-electron chi connectivity index (χ2n) is 13.2. The lowest BCUT2D eigenvalue weighted by Crippen LogP contribution is -1.93. The van der Waals surface area contributed by atoms with Crippen molar-refractivity contribution in [1.29, 1.82) is 0 Å². The van der Waals surface area contributed by atoms with E-state index in [1.54, 1.807) is 0 Å². The van der Waals surface area contributed by atoms with E-state index < -0.39 is 0 Å². The highest BCUT2D eigenvalue weighted by Crippen LogP contribution is 2.50. The summed E-state index contributed by atoms with van der Waals surface area (Å²) in [6, 6.07) is 62.1. The highest BCUT2D eigenvalue weighted by Gasteiger charge is 2.23. The van der Waals surface area contributed by atoms with Gasteiger partial charge < -0.3 is 4.42 Å². The zero-order chi connectivity index (χ0) is 32.1. The maximum atomic E-state index is 6.79. The molecule has 0 amide bonds. The van der Waals surface area contributed by atoms with Crippen LogP contribution < -0.4 is 0 Å². The maximum Gasteiger partial charge on any atom is 0.143 e. The van der Waals surface area contributed by atoms with Gasteiger partial charge in [0.1, 0.15) is 11.2 Å². The number of hydrogen-bond donors (Lipinski definition) is 0. The molecule has 0 bridgehead atoms. The van der Waals surface area contributed by atoms with Gasteiger partial charge in [-0.1, -0.05) is 146 Å². The van der Waals surface area contributed by atoms with Crippen molar-refractivity contribution in [3.63, 3.8) is 0 Å². The van der Waals surface area contributed by atoms with Gasteiger partial charge in [-0.2, -0.15) is 0 Å². The highest BCUT2D eigenvalue weighted by atomic mass is 16.3. The summed E-state index contributed by atoms with van der Waals surface area (Å²) in [6.07, 6.45) is 0. The summed E-state index contributed by atoms with van der Waals surface area (Å²) >= 11 is 0. The van der Waals surface area contributed by atoms with Crippen molar-refractivity contribution in [3.05, 3.63) is 170 Å². The van der Waals surface area contributed by atoms with Crippen molar-refractivity contribution in [2.24, 2.45) is 0 Å². The fourth-order valence-electron chi connectivity index (χ4n) is 8.46. The van der Waals surface area contributed by atoms with Crippen LogP contribution in [0.15, 0.2) is 174 Å². The lowest BCUT2D eigenvalue weighted by atomic mass is 9.83. The Morgan fingerprint density at radius 3 is 1.53 bits per heavy atom. The summed E-state index contributed by atoms with van der Waals surface area (Å²) in [4.78, 5) is 0. The van der Waals surface area contributed by atoms with Gasteiger partial charge in [0.2, 0.25) is 0 Å². The number of hydrogen-bond acceptors (Lipinski definition) is 1. The largest absolute Gasteiger partial charge is 0.455 e. The summed E-state index contributed by atoms with van der Waals surface area (Å²) in [7, 11) is 0. The molecule has 0 saturated heterocycles. The summed E-state index contributed by atoms with van der Waals surface area (Å²) in [5.41, 5.74) is 6.73. The molecule has 10 aromatic carbocycles. The first-order valence-corrected chi connectivity index (χ1v) is 16.9. The van der Waals surface area contributed by atoms with E-state index in [-0.39, 0.29) is 0 Å². The third kappa shape index (κ3) is 3.76. The van der Waals surface area contributed by atoms with E-state index in [1.807, 2.05) is 0 Å². The van der Waals surface area contributed by atoms with Crippen molar-refractivity contribution in [2.75, 3.05) is 0 Å². The fraction of sp³-hybridized carbons (Fsp3) is 0. The van der Waals surface area contributed by atoms with Gasteiger partial charge in [0.15, 0.2) is 0 Å². The Morgan fingerprint density at radius 1 is 0.265 bits per heavy atom. The van der Waals surface area contributed by atoms with Crippen LogP contribution in [0, 0.1) is 0 Å². The molecule has 11 rings (SSSR count). The average Bonchev–Trinajstić information content (AvgIpc) is 3.53. The molecule has 1 heteroatoms. The Hall–Kier alpha value is -6.44. The lowest BCUT2D eigenvalue weighted by molar-refractivity contribution is 0.670. The van der Waals surface area contributed by atoms with E-state index in [2.05, 4.69) is 170 Å². The quantitative estimate of drug-likeness (QED) is 0.138. The number of fused-ring (bicyclic) bond motifs is 10. The van der Waals surface area contributed by atoms with Gasteiger partial charge in [-0.15, -0.1) is 0 Å². The van der Waals surface area contributed by atoms with E-state index in [9.17, 15) is 0 Å². The van der Waals surface area contributed by atoms with Gasteiger partial charge in [0.25, 0.3) is 0 Å². The Labute approximate surface area is 282 Å². The van der Waals surface area contributed by atoms with Crippen molar-refractivity contribution < 1.29 is 4.42 Å². The predicted octanol–water partition coefficient (Wildman–Crippen LogP) is 13.8. The minimum absolute atomic E-state index is 0.912. The topological polar surface area (TPSA) is 13.1 Å². The lowest BCUT2D eigenvalue weighted by Gasteiger charge is -2.20. The molecule has 0 aliphatic rings. The normalized spacial score (nSPS) is 12.1. The van der Waals surface area contributed by atoms with E-state index in [1.165, 1.54) is 81.3 Å². The molecular weight excluding hydrogens is 593 g/mol. The van der Waals surface area contributed by atoms with Crippen LogP contribution in [-0.4, -0.2) is 0 Å². The first-order valence-electron chi connectivity index (χ1n) is 16.9. The fourth-order valence-corrected chi connectivity index (χ4v) is 8.46. The summed E-state index contributed by atoms with van der Waals surface area (Å²) in [6.45, 7) is 0. The molecule has 49 heavy (non-hydrogen) atoms. The van der Waals surface area contributed by atoms with Gasteiger partial charge in [-0.25, -0.2) is 0 Å². The second kappa shape index (κ2) is 10.0. The molecule has 0 radical (unpaired) electrons. The van der Waals surface area contributed by atoms with Crippen molar-refractivity contribution in [2.45, 2.75) is 0 Å². The third-order valence-corrected chi connectivity index (χ3v) is 10.6. The first kappa shape index (κ1) is 26.6. The smallest absolute Gasteiger partial charge is 0.143 e. The molecule has 1 heterocycles. The zero-order valence-corrected chi connectivity index (χ0v) is 26.6. The average molecular weight is 621 g/mol. The predicted molar refractivity (Wildman–Crippen MR) is 210 cm³/mol. The highest BCUT2D eigenvalue weighted by molar-refractivity contribution is 6.30. The van der Waals surface area contributed by atoms with Gasteiger partial charge in [-0.05, 0) is 100 Å². The molecule has 0 fully saturated rings. The second-order valence-corrected chi connectivity index (χ2v) is 13.2. The maximum absolute atomic E-state index is 6.79. The molecule has 0 N–H and O–H groups in total.